The third-order valence-electron chi connectivity index (χ3n) is 11.7. The molecule has 2 aliphatic heterocycles. The van der Waals surface area contributed by atoms with Gasteiger partial charge in [0, 0.05) is 73.0 Å². The molecule has 0 aliphatic carbocycles. The maximum absolute atomic E-state index is 13.0. The van der Waals surface area contributed by atoms with E-state index in [0.717, 1.165) is 81.5 Å². The minimum absolute atomic E-state index is 0.00327. The number of carbonyl (C=O) groups is 5. The SMILES string of the molecule is CC(C)(C)OC(=O)N1CCc2c(sc(NC(=O)CCNCCOCCOCCC(=O)O)c2-c2nc3ccccc3s2)C1.O=C(O)CCOCCOCCNCCC(=O)Nc1sc2c(c1-c1nc3ccccc3s1)CCNC2. The maximum Gasteiger partial charge on any atom is 0.410 e. The first-order valence-corrected chi connectivity index (χ1v) is 28.9. The van der Waals surface area contributed by atoms with Crippen molar-refractivity contribution < 1.29 is 57.9 Å². The van der Waals surface area contributed by atoms with Crippen LogP contribution in [0.4, 0.5) is 14.8 Å². The summed E-state index contributed by atoms with van der Waals surface area (Å²) in [4.78, 5) is 73.0. The standard InChI is InChI=1S/C29H38N4O7S2.C24H30N4O5S2/c1-29(2,3)40-28(37)33-13-9-19-22(18-33)42-27(25(19)26-31-20-6-4-5-7-21(20)41-26)32-23(34)8-11-30-12-15-39-17-16-38-14-10-24(35)36;29-20(6-9-25-10-12-33-14-13-32-11-7-21(30)31)28-24-22(16-5-8-26-15-19(16)35-24)23-27-17-3-1-2-4-18(17)34-23/h4-7,30H,8-18H2,1-3H3,(H,32,34)(H,35,36);1-4,25-26H,5-15H2,(H,28,29)(H,30,31). The first-order chi connectivity index (χ1) is 37.2. The monoisotopic (exact) mass is 1140 g/mol. The Balaban J connectivity index is 0.000000227. The van der Waals surface area contributed by atoms with Crippen molar-refractivity contribution >= 4 is 106 Å². The van der Waals surface area contributed by atoms with Gasteiger partial charge < -0.3 is 65.4 Å². The zero-order chi connectivity index (χ0) is 54.6. The molecule has 4 aromatic heterocycles. The molecule has 6 heterocycles. The van der Waals surface area contributed by atoms with Crippen LogP contribution < -0.4 is 26.6 Å². The molecule has 3 amide bonds. The fourth-order valence-electron chi connectivity index (χ4n) is 8.09. The molecule has 2 aliphatic rings. The van der Waals surface area contributed by atoms with Gasteiger partial charge in [-0.15, -0.1) is 45.3 Å². The van der Waals surface area contributed by atoms with E-state index in [4.69, 9.17) is 43.9 Å². The van der Waals surface area contributed by atoms with Crippen LogP contribution in [0.2, 0.25) is 0 Å². The number of benzene rings is 2. The van der Waals surface area contributed by atoms with E-state index in [0.29, 0.717) is 91.8 Å². The Labute approximate surface area is 463 Å². The number of carboxylic acid groups (broad SMARTS) is 2. The number of rotatable bonds is 28. The molecule has 20 nitrogen and oxygen atoms in total. The number of thiophene rings is 2. The van der Waals surface area contributed by atoms with Crippen LogP contribution in [0.25, 0.3) is 41.6 Å². The first kappa shape index (κ1) is 59.2. The van der Waals surface area contributed by atoms with Gasteiger partial charge >= 0.3 is 18.0 Å². The zero-order valence-corrected chi connectivity index (χ0v) is 46.9. The molecule has 416 valence electrons. The zero-order valence-electron chi connectivity index (χ0n) is 43.6. The number of para-hydroxylation sites is 2. The van der Waals surface area contributed by atoms with E-state index in [2.05, 4.69) is 32.7 Å². The van der Waals surface area contributed by atoms with E-state index in [1.165, 1.54) is 21.8 Å². The van der Waals surface area contributed by atoms with E-state index in [1.807, 2.05) is 63.2 Å². The van der Waals surface area contributed by atoms with Gasteiger partial charge in [0.15, 0.2) is 0 Å². The third kappa shape index (κ3) is 18.6. The molecule has 6 aromatic rings. The number of aromatic nitrogens is 2. The van der Waals surface area contributed by atoms with Gasteiger partial charge in [-0.25, -0.2) is 14.8 Å². The molecule has 0 unspecified atom stereocenters. The fourth-order valence-corrected chi connectivity index (χ4v) is 12.8. The number of hydrogen-bond acceptors (Lipinski definition) is 19. The number of carbonyl (C=O) groups excluding carboxylic acids is 3. The Kier molecular flexibility index (Phi) is 23.1. The predicted octanol–water partition coefficient (Wildman–Crippen LogP) is 7.84. The van der Waals surface area contributed by atoms with Crippen molar-refractivity contribution in [3.63, 3.8) is 0 Å². The fraction of sp³-hybridized carbons (Fsp3) is 0.491. The van der Waals surface area contributed by atoms with E-state index in [1.54, 1.807) is 38.9 Å². The highest BCUT2D eigenvalue weighted by Crippen LogP contribution is 2.47. The number of thiazole rings is 2. The van der Waals surface area contributed by atoms with Gasteiger partial charge in [-0.05, 0) is 75.5 Å². The second-order valence-corrected chi connectivity index (χ2v) is 23.1. The molecule has 7 N–H and O–H groups in total. The maximum atomic E-state index is 13.0. The summed E-state index contributed by atoms with van der Waals surface area (Å²) in [5.41, 5.74) is 5.77. The molecule has 0 atom stereocenters. The number of amides is 3. The van der Waals surface area contributed by atoms with Gasteiger partial charge in [-0.2, -0.15) is 0 Å². The number of nitrogens with one attached hydrogen (secondary N) is 5. The van der Waals surface area contributed by atoms with Crippen LogP contribution in [0.1, 0.15) is 67.3 Å². The molecular weight excluding hydrogens is 1070 g/mol. The van der Waals surface area contributed by atoms with E-state index < -0.39 is 17.5 Å². The molecule has 8 rings (SSSR count). The highest BCUT2D eigenvalue weighted by atomic mass is 32.1. The van der Waals surface area contributed by atoms with Crippen molar-refractivity contribution in [1.29, 1.82) is 0 Å². The lowest BCUT2D eigenvalue weighted by Crippen LogP contribution is -2.39. The summed E-state index contributed by atoms with van der Waals surface area (Å²) in [6, 6.07) is 16.1. The Morgan fingerprint density at radius 3 is 1.58 bits per heavy atom. The van der Waals surface area contributed by atoms with Crippen molar-refractivity contribution in [2.75, 3.05) is 103 Å². The quantitative estimate of drug-likeness (QED) is 0.0231. The molecule has 0 spiro atoms. The van der Waals surface area contributed by atoms with Gasteiger partial charge in [0.2, 0.25) is 11.8 Å². The lowest BCUT2D eigenvalue weighted by Gasteiger charge is -2.30. The second kappa shape index (κ2) is 30.0. The van der Waals surface area contributed by atoms with Crippen molar-refractivity contribution in [3.8, 4) is 21.1 Å². The summed E-state index contributed by atoms with van der Waals surface area (Å²) in [5, 5.41) is 36.7. The molecule has 24 heteroatoms. The third-order valence-corrected chi connectivity index (χ3v) is 16.1. The summed E-state index contributed by atoms with van der Waals surface area (Å²) < 4.78 is 29.1. The van der Waals surface area contributed by atoms with Gasteiger partial charge in [0.1, 0.15) is 25.6 Å². The predicted molar refractivity (Wildman–Crippen MR) is 302 cm³/mol. The van der Waals surface area contributed by atoms with E-state index in [-0.39, 0.29) is 50.4 Å². The normalized spacial score (nSPS) is 13.2. The van der Waals surface area contributed by atoms with E-state index in [9.17, 15) is 24.0 Å². The van der Waals surface area contributed by atoms with Crippen LogP contribution in [-0.2, 0) is 68.8 Å². The van der Waals surface area contributed by atoms with Crippen LogP contribution in [0.15, 0.2) is 48.5 Å². The number of carboxylic acids is 2. The van der Waals surface area contributed by atoms with Crippen LogP contribution >= 0.6 is 45.3 Å². The van der Waals surface area contributed by atoms with Crippen molar-refractivity contribution in [2.24, 2.45) is 0 Å². The second-order valence-electron chi connectivity index (χ2n) is 18.8. The van der Waals surface area contributed by atoms with Crippen LogP contribution in [-0.4, -0.2) is 153 Å². The van der Waals surface area contributed by atoms with Crippen molar-refractivity contribution in [3.05, 3.63) is 69.4 Å². The molecule has 0 saturated carbocycles. The number of fused-ring (bicyclic) bond motifs is 4. The molecule has 77 heavy (non-hydrogen) atoms. The molecule has 0 bridgehead atoms. The van der Waals surface area contributed by atoms with Crippen molar-refractivity contribution in [2.45, 2.75) is 78.0 Å². The van der Waals surface area contributed by atoms with E-state index >= 15 is 0 Å². The van der Waals surface area contributed by atoms with Crippen molar-refractivity contribution in [1.82, 2.24) is 30.8 Å². The van der Waals surface area contributed by atoms with Gasteiger partial charge in [-0.3, -0.25) is 19.2 Å². The minimum Gasteiger partial charge on any atom is -0.481 e. The van der Waals surface area contributed by atoms with Crippen LogP contribution in [0.5, 0.6) is 0 Å². The highest BCUT2D eigenvalue weighted by molar-refractivity contribution is 7.23. The first-order valence-electron chi connectivity index (χ1n) is 25.7. The van der Waals surface area contributed by atoms with Gasteiger partial charge in [-0.1, -0.05) is 24.3 Å². The average Bonchev–Trinajstić information content (AvgIpc) is 4.23. The number of nitrogens with zero attached hydrogens (tertiary/aromatic N) is 3. The number of anilines is 2. The summed E-state index contributed by atoms with van der Waals surface area (Å²) in [6.45, 7) is 13.3. The highest BCUT2D eigenvalue weighted by Gasteiger charge is 2.32. The average molecular weight is 1140 g/mol. The largest absolute Gasteiger partial charge is 0.481 e. The molecule has 0 saturated heterocycles. The van der Waals surface area contributed by atoms with Gasteiger partial charge in [0.25, 0.3) is 0 Å². The Morgan fingerprint density at radius 1 is 0.610 bits per heavy atom. The Morgan fingerprint density at radius 2 is 1.09 bits per heavy atom. The lowest BCUT2D eigenvalue weighted by molar-refractivity contribution is -0.139. The summed E-state index contributed by atoms with van der Waals surface area (Å²) in [7, 11) is 0. The molecule has 0 fully saturated rings. The summed E-state index contributed by atoms with van der Waals surface area (Å²) in [6.07, 6.45) is 1.86. The summed E-state index contributed by atoms with van der Waals surface area (Å²) in [5.74, 6) is -1.90. The molecule has 0 radical (unpaired) electrons. The van der Waals surface area contributed by atoms with Crippen LogP contribution in [0, 0.1) is 0 Å². The smallest absolute Gasteiger partial charge is 0.410 e. The topological polar surface area (TPSA) is 261 Å². The Bertz CT molecular complexity index is 2850. The molecular formula is C53H68N8O12S4. The summed E-state index contributed by atoms with van der Waals surface area (Å²) >= 11 is 6.40. The van der Waals surface area contributed by atoms with Crippen LogP contribution in [0.3, 0.4) is 0 Å². The lowest BCUT2D eigenvalue weighted by atomic mass is 10.0. The Hall–Kier alpha value is -5.51. The number of aliphatic carboxylic acids is 2. The minimum atomic E-state index is -0.888. The number of ether oxygens (including phenoxy) is 5. The molecule has 2 aromatic carbocycles. The van der Waals surface area contributed by atoms with Gasteiger partial charge in [0.05, 0.1) is 92.7 Å². The number of hydrogen-bond donors (Lipinski definition) is 7.